The van der Waals surface area contributed by atoms with Crippen molar-refractivity contribution in [3.05, 3.63) is 28.2 Å². The van der Waals surface area contributed by atoms with E-state index in [-0.39, 0.29) is 11.7 Å². The van der Waals surface area contributed by atoms with Gasteiger partial charge in [0, 0.05) is 22.4 Å². The quantitative estimate of drug-likeness (QED) is 0.816. The molecule has 3 nitrogen and oxygen atoms in total. The maximum atomic E-state index is 12.4. The smallest absolute Gasteiger partial charge is 0.257 e. The predicted molar refractivity (Wildman–Crippen MR) is 78.3 cm³/mol. The first kappa shape index (κ1) is 13.9. The van der Waals surface area contributed by atoms with Crippen LogP contribution in [0.3, 0.4) is 0 Å². The number of benzene rings is 1. The van der Waals surface area contributed by atoms with Gasteiger partial charge in [0.1, 0.15) is 5.75 Å². The summed E-state index contributed by atoms with van der Waals surface area (Å²) in [5.41, 5.74) is 0.381. The molecule has 0 radical (unpaired) electrons. The third-order valence-corrected chi connectivity index (χ3v) is 4.14. The van der Waals surface area contributed by atoms with E-state index in [1.54, 1.807) is 18.2 Å². The van der Waals surface area contributed by atoms with Crippen LogP contribution in [0.5, 0.6) is 5.75 Å². The van der Waals surface area contributed by atoms with E-state index in [9.17, 15) is 9.90 Å². The Morgan fingerprint density at radius 3 is 2.67 bits per heavy atom. The lowest BCUT2D eigenvalue weighted by molar-refractivity contribution is 0.0596. The molecule has 98 valence electrons. The molecule has 1 aliphatic rings. The Morgan fingerprint density at radius 2 is 2.17 bits per heavy atom. The maximum Gasteiger partial charge on any atom is 0.257 e. The highest BCUT2D eigenvalue weighted by Gasteiger charge is 2.29. The number of amides is 1. The normalized spacial score (nSPS) is 15.2. The average Bonchev–Trinajstić information content (AvgIpc) is 2.25. The second kappa shape index (κ2) is 6.06. The van der Waals surface area contributed by atoms with E-state index in [1.807, 2.05) is 4.90 Å². The summed E-state index contributed by atoms with van der Waals surface area (Å²) in [7, 11) is 0. The van der Waals surface area contributed by atoms with Crippen LogP contribution in [0.2, 0.25) is 0 Å². The van der Waals surface area contributed by atoms with E-state index in [2.05, 4.69) is 31.9 Å². The summed E-state index contributed by atoms with van der Waals surface area (Å²) in [5.74, 6) is -0.0441. The van der Waals surface area contributed by atoms with Crippen LogP contribution in [0, 0.1) is 0 Å². The molecular formula is C13H15Br2NO2. The van der Waals surface area contributed by atoms with Gasteiger partial charge in [-0.05, 0) is 37.5 Å². The maximum absolute atomic E-state index is 12.4. The fourth-order valence-corrected chi connectivity index (χ4v) is 2.81. The molecule has 1 aliphatic carbocycles. The zero-order valence-electron chi connectivity index (χ0n) is 9.90. The molecule has 0 aromatic heterocycles. The first-order valence-corrected chi connectivity index (χ1v) is 7.90. The molecule has 1 saturated carbocycles. The number of hydrogen-bond acceptors (Lipinski definition) is 2. The fraction of sp³-hybridized carbons (Fsp3) is 0.462. The van der Waals surface area contributed by atoms with Gasteiger partial charge in [-0.3, -0.25) is 4.79 Å². The zero-order valence-corrected chi connectivity index (χ0v) is 13.1. The standard InChI is InChI=1S/C13H15Br2NO2/c14-6-7-16(10-2-1-3-10)13(18)11-5-4-9(15)8-12(11)17/h4-5,8,10,17H,1-3,6-7H2. The number of phenols is 1. The summed E-state index contributed by atoms with van der Waals surface area (Å²) in [6, 6.07) is 5.33. The van der Waals surface area contributed by atoms with Crippen molar-refractivity contribution in [2.24, 2.45) is 0 Å². The van der Waals surface area contributed by atoms with Crippen molar-refractivity contribution in [1.29, 1.82) is 0 Å². The Bertz CT molecular complexity index is 447. The van der Waals surface area contributed by atoms with Gasteiger partial charge in [-0.15, -0.1) is 0 Å². The van der Waals surface area contributed by atoms with Crippen molar-refractivity contribution >= 4 is 37.8 Å². The minimum atomic E-state index is -0.0795. The third kappa shape index (κ3) is 2.88. The molecule has 0 saturated heterocycles. The second-order valence-electron chi connectivity index (χ2n) is 4.43. The molecular weight excluding hydrogens is 362 g/mol. The molecule has 5 heteroatoms. The highest BCUT2D eigenvalue weighted by molar-refractivity contribution is 9.10. The van der Waals surface area contributed by atoms with Crippen molar-refractivity contribution < 1.29 is 9.90 Å². The van der Waals surface area contributed by atoms with Crippen LogP contribution < -0.4 is 0 Å². The average molecular weight is 377 g/mol. The van der Waals surface area contributed by atoms with Crippen LogP contribution >= 0.6 is 31.9 Å². The van der Waals surface area contributed by atoms with Crippen molar-refractivity contribution in [3.8, 4) is 5.75 Å². The fourth-order valence-electron chi connectivity index (χ4n) is 2.08. The SMILES string of the molecule is O=C(c1ccc(Br)cc1O)N(CCBr)C1CCC1. The number of alkyl halides is 1. The first-order valence-electron chi connectivity index (χ1n) is 5.99. The topological polar surface area (TPSA) is 40.5 Å². The lowest BCUT2D eigenvalue weighted by atomic mass is 9.91. The van der Waals surface area contributed by atoms with Gasteiger partial charge < -0.3 is 10.0 Å². The molecule has 0 unspecified atom stereocenters. The molecule has 0 aliphatic heterocycles. The van der Waals surface area contributed by atoms with Crippen LogP contribution in [0.25, 0.3) is 0 Å². The Kier molecular flexibility index (Phi) is 4.67. The summed E-state index contributed by atoms with van der Waals surface area (Å²) in [5, 5.41) is 10.6. The molecule has 18 heavy (non-hydrogen) atoms. The molecule has 1 N–H and O–H groups in total. The first-order chi connectivity index (χ1) is 8.63. The summed E-state index contributed by atoms with van der Waals surface area (Å²) in [6.45, 7) is 0.680. The number of phenolic OH excluding ortho intramolecular Hbond substituents is 1. The van der Waals surface area contributed by atoms with Gasteiger partial charge in [0.15, 0.2) is 0 Å². The Morgan fingerprint density at radius 1 is 1.44 bits per heavy atom. The largest absolute Gasteiger partial charge is 0.507 e. The lowest BCUT2D eigenvalue weighted by Gasteiger charge is -2.37. The van der Waals surface area contributed by atoms with Crippen LogP contribution in [0.1, 0.15) is 29.6 Å². The van der Waals surface area contributed by atoms with Crippen LogP contribution in [-0.2, 0) is 0 Å². The Hall–Kier alpha value is -0.550. The number of aromatic hydroxyl groups is 1. The number of hydrogen-bond donors (Lipinski definition) is 1. The highest BCUT2D eigenvalue weighted by Crippen LogP contribution is 2.29. The van der Waals surface area contributed by atoms with Crippen molar-refractivity contribution in [1.82, 2.24) is 4.90 Å². The van der Waals surface area contributed by atoms with Crippen molar-refractivity contribution in [3.63, 3.8) is 0 Å². The lowest BCUT2D eigenvalue weighted by Crippen LogP contribution is -2.45. The van der Waals surface area contributed by atoms with E-state index in [1.165, 1.54) is 6.42 Å². The molecule has 1 fully saturated rings. The van der Waals surface area contributed by atoms with Crippen molar-refractivity contribution in [2.75, 3.05) is 11.9 Å². The van der Waals surface area contributed by atoms with Gasteiger partial charge in [0.2, 0.25) is 0 Å². The summed E-state index contributed by atoms with van der Waals surface area (Å²) in [4.78, 5) is 14.3. The monoisotopic (exact) mass is 375 g/mol. The molecule has 0 bridgehead atoms. The molecule has 0 atom stereocenters. The van der Waals surface area contributed by atoms with Crippen LogP contribution in [0.15, 0.2) is 22.7 Å². The van der Waals surface area contributed by atoms with E-state index in [0.717, 1.165) is 22.6 Å². The van der Waals surface area contributed by atoms with E-state index >= 15 is 0 Å². The molecule has 2 rings (SSSR count). The molecule has 1 aromatic carbocycles. The Labute approximate surface area is 123 Å². The Balaban J connectivity index is 2.21. The summed E-state index contributed by atoms with van der Waals surface area (Å²) >= 11 is 6.65. The highest BCUT2D eigenvalue weighted by atomic mass is 79.9. The van der Waals surface area contributed by atoms with Gasteiger partial charge in [0.25, 0.3) is 5.91 Å². The number of nitrogens with zero attached hydrogens (tertiary/aromatic N) is 1. The van der Waals surface area contributed by atoms with Crippen molar-refractivity contribution in [2.45, 2.75) is 25.3 Å². The van der Waals surface area contributed by atoms with Gasteiger partial charge in [-0.1, -0.05) is 31.9 Å². The van der Waals surface area contributed by atoms with E-state index in [0.29, 0.717) is 18.2 Å². The van der Waals surface area contributed by atoms with E-state index < -0.39 is 0 Å². The van der Waals surface area contributed by atoms with Gasteiger partial charge in [-0.25, -0.2) is 0 Å². The van der Waals surface area contributed by atoms with Crippen LogP contribution in [0.4, 0.5) is 0 Å². The minimum Gasteiger partial charge on any atom is -0.507 e. The minimum absolute atomic E-state index is 0.0354. The second-order valence-corrected chi connectivity index (χ2v) is 6.14. The summed E-state index contributed by atoms with van der Waals surface area (Å²) in [6.07, 6.45) is 3.31. The van der Waals surface area contributed by atoms with Gasteiger partial charge in [-0.2, -0.15) is 0 Å². The summed E-state index contributed by atoms with van der Waals surface area (Å²) < 4.78 is 0.771. The predicted octanol–water partition coefficient (Wildman–Crippen LogP) is 3.54. The zero-order chi connectivity index (χ0) is 13.1. The molecule has 0 heterocycles. The number of rotatable bonds is 4. The van der Waals surface area contributed by atoms with Gasteiger partial charge in [0.05, 0.1) is 5.56 Å². The molecule has 0 spiro atoms. The molecule has 1 aromatic rings. The molecule has 1 amide bonds. The third-order valence-electron chi connectivity index (χ3n) is 3.29. The number of carbonyl (C=O) groups excluding carboxylic acids is 1. The van der Waals surface area contributed by atoms with E-state index in [4.69, 9.17) is 0 Å². The number of halogens is 2. The van der Waals surface area contributed by atoms with Crippen LogP contribution in [-0.4, -0.2) is 33.8 Å². The van der Waals surface area contributed by atoms with Gasteiger partial charge >= 0.3 is 0 Å². The number of carbonyl (C=O) groups is 1.